The van der Waals surface area contributed by atoms with Crippen LogP contribution in [0, 0.1) is 12.3 Å². The van der Waals surface area contributed by atoms with Crippen LogP contribution in [-0.4, -0.2) is 28.2 Å². The molecule has 0 spiro atoms. The molecule has 2 fully saturated rings. The Hall–Kier alpha value is -2.77. The predicted molar refractivity (Wildman–Crippen MR) is 103 cm³/mol. The second-order valence-electron chi connectivity index (χ2n) is 7.49. The highest BCUT2D eigenvalue weighted by atomic mass is 16.6. The topological polar surface area (TPSA) is 49.8 Å². The monoisotopic (exact) mass is 361 g/mol. The molecule has 2 unspecified atom stereocenters. The number of fused-ring (bicyclic) bond motifs is 2. The summed E-state index contributed by atoms with van der Waals surface area (Å²) in [6.45, 7) is 0.271. The summed E-state index contributed by atoms with van der Waals surface area (Å²) in [7, 11) is 0. The third kappa shape index (κ3) is 3.43. The van der Waals surface area contributed by atoms with Crippen molar-refractivity contribution in [2.24, 2.45) is 0 Å². The van der Waals surface area contributed by atoms with Crippen LogP contribution in [0.3, 0.4) is 0 Å². The largest absolute Gasteiger partial charge is 0.445 e. The highest BCUT2D eigenvalue weighted by Crippen LogP contribution is 2.46. The fourth-order valence-corrected chi connectivity index (χ4v) is 4.43. The zero-order valence-electron chi connectivity index (χ0n) is 15.2. The van der Waals surface area contributed by atoms with Crippen LogP contribution in [0.2, 0.25) is 0 Å². The van der Waals surface area contributed by atoms with Gasteiger partial charge in [-0.25, -0.2) is 4.79 Å². The first-order chi connectivity index (χ1) is 13.1. The van der Waals surface area contributed by atoms with E-state index in [1.165, 1.54) is 0 Å². The molecular formula is C23H23NO3. The van der Waals surface area contributed by atoms with Gasteiger partial charge >= 0.3 is 6.09 Å². The Bertz CT molecular complexity index is 839. The number of aliphatic hydroxyl groups is 1. The van der Waals surface area contributed by atoms with Crippen molar-refractivity contribution in [2.45, 2.75) is 50.0 Å². The van der Waals surface area contributed by atoms with E-state index in [1.807, 2.05) is 59.5 Å². The van der Waals surface area contributed by atoms with Crippen molar-refractivity contribution in [1.29, 1.82) is 0 Å². The van der Waals surface area contributed by atoms with Crippen molar-refractivity contribution >= 4 is 6.09 Å². The number of rotatable bonds is 3. The predicted octanol–water partition coefficient (Wildman–Crippen LogP) is 3.82. The van der Waals surface area contributed by atoms with Crippen LogP contribution in [-0.2, 0) is 16.9 Å². The molecule has 0 radical (unpaired) electrons. The first kappa shape index (κ1) is 17.6. The van der Waals surface area contributed by atoms with Crippen molar-refractivity contribution in [1.82, 2.24) is 4.90 Å². The van der Waals surface area contributed by atoms with Gasteiger partial charge in [-0.3, -0.25) is 0 Å². The number of benzene rings is 2. The zero-order valence-corrected chi connectivity index (χ0v) is 15.2. The molecule has 138 valence electrons. The van der Waals surface area contributed by atoms with Gasteiger partial charge in [0.25, 0.3) is 0 Å². The minimum absolute atomic E-state index is 0.00401. The average molecular weight is 361 g/mol. The SMILES string of the molecule is C#Cc1ccc(C2(O)CC3CCC(C2)N3C(=O)OCc2ccccc2)cc1. The molecule has 4 nitrogen and oxygen atoms in total. The number of nitrogens with zero attached hydrogens (tertiary/aromatic N) is 1. The molecule has 2 aliphatic heterocycles. The number of hydrogen-bond acceptors (Lipinski definition) is 3. The van der Waals surface area contributed by atoms with E-state index in [0.717, 1.165) is 29.5 Å². The molecule has 4 rings (SSSR count). The van der Waals surface area contributed by atoms with Crippen LogP contribution in [0.15, 0.2) is 54.6 Å². The fraction of sp³-hybridized carbons (Fsp3) is 0.348. The highest BCUT2D eigenvalue weighted by molar-refractivity contribution is 5.69. The van der Waals surface area contributed by atoms with Crippen LogP contribution >= 0.6 is 0 Å². The number of carbonyl (C=O) groups excluding carboxylic acids is 1. The number of ether oxygens (including phenoxy) is 1. The van der Waals surface area contributed by atoms with Crippen LogP contribution in [0.1, 0.15) is 42.4 Å². The Labute approximate surface area is 159 Å². The van der Waals surface area contributed by atoms with Crippen LogP contribution < -0.4 is 0 Å². The number of piperidine rings is 1. The van der Waals surface area contributed by atoms with E-state index in [0.29, 0.717) is 12.8 Å². The maximum atomic E-state index is 12.7. The Morgan fingerprint density at radius 2 is 1.74 bits per heavy atom. The lowest BCUT2D eigenvalue weighted by atomic mass is 9.80. The third-order valence-electron chi connectivity index (χ3n) is 5.77. The summed E-state index contributed by atoms with van der Waals surface area (Å²) in [5.74, 6) is 2.60. The van der Waals surface area contributed by atoms with Crippen LogP contribution in [0.25, 0.3) is 0 Å². The smallest absolute Gasteiger partial charge is 0.410 e. The van der Waals surface area contributed by atoms with Gasteiger partial charge in [-0.15, -0.1) is 6.42 Å². The summed E-state index contributed by atoms with van der Waals surface area (Å²) in [6, 6.07) is 17.2. The molecule has 1 amide bonds. The van der Waals surface area contributed by atoms with Gasteiger partial charge in [0.15, 0.2) is 0 Å². The minimum Gasteiger partial charge on any atom is -0.445 e. The van der Waals surface area contributed by atoms with E-state index in [4.69, 9.17) is 11.2 Å². The maximum absolute atomic E-state index is 12.7. The normalized spacial score (nSPS) is 26.4. The second-order valence-corrected chi connectivity index (χ2v) is 7.49. The van der Waals surface area contributed by atoms with Gasteiger partial charge in [0.1, 0.15) is 6.61 Å². The van der Waals surface area contributed by atoms with Gasteiger partial charge < -0.3 is 14.7 Å². The van der Waals surface area contributed by atoms with E-state index in [2.05, 4.69) is 5.92 Å². The molecule has 2 bridgehead atoms. The maximum Gasteiger partial charge on any atom is 0.410 e. The Balaban J connectivity index is 1.45. The number of terminal acetylenes is 1. The number of hydrogen-bond donors (Lipinski definition) is 1. The molecule has 2 aliphatic rings. The molecule has 1 N–H and O–H groups in total. The first-order valence-corrected chi connectivity index (χ1v) is 9.37. The van der Waals surface area contributed by atoms with E-state index in [-0.39, 0.29) is 24.8 Å². The Morgan fingerprint density at radius 1 is 1.11 bits per heavy atom. The fourth-order valence-electron chi connectivity index (χ4n) is 4.43. The van der Waals surface area contributed by atoms with Gasteiger partial charge in [-0.1, -0.05) is 48.4 Å². The standard InChI is InChI=1S/C23H23NO3/c1-2-17-8-10-19(11-9-17)23(26)14-20-12-13-21(15-23)24(20)22(25)27-16-18-6-4-3-5-7-18/h1,3-11,20-21,26H,12-16H2. The lowest BCUT2D eigenvalue weighted by molar-refractivity contribution is -0.0536. The molecule has 0 saturated carbocycles. The zero-order chi connectivity index (χ0) is 18.9. The summed E-state index contributed by atoms with van der Waals surface area (Å²) in [5, 5.41) is 11.3. The molecule has 4 heteroatoms. The average Bonchev–Trinajstić information content (AvgIpc) is 2.99. The highest BCUT2D eigenvalue weighted by Gasteiger charge is 2.50. The summed E-state index contributed by atoms with van der Waals surface area (Å²) < 4.78 is 5.54. The van der Waals surface area contributed by atoms with Crippen LogP contribution in [0.5, 0.6) is 0 Å². The quantitative estimate of drug-likeness (QED) is 0.846. The summed E-state index contributed by atoms with van der Waals surface area (Å²) in [6.07, 6.45) is 7.99. The van der Waals surface area contributed by atoms with Gasteiger partial charge in [0, 0.05) is 30.5 Å². The number of amides is 1. The van der Waals surface area contributed by atoms with Gasteiger partial charge in [-0.2, -0.15) is 0 Å². The first-order valence-electron chi connectivity index (χ1n) is 9.37. The summed E-state index contributed by atoms with van der Waals surface area (Å²) in [4.78, 5) is 14.5. The summed E-state index contributed by atoms with van der Waals surface area (Å²) >= 11 is 0. The lowest BCUT2D eigenvalue weighted by Gasteiger charge is -2.43. The Morgan fingerprint density at radius 3 is 2.33 bits per heavy atom. The molecule has 0 aromatic heterocycles. The van der Waals surface area contributed by atoms with Crippen molar-refractivity contribution in [3.05, 3.63) is 71.3 Å². The molecule has 2 heterocycles. The van der Waals surface area contributed by atoms with Gasteiger partial charge in [-0.05, 0) is 36.1 Å². The van der Waals surface area contributed by atoms with E-state index < -0.39 is 5.60 Å². The lowest BCUT2D eigenvalue weighted by Crippen LogP contribution is -2.52. The van der Waals surface area contributed by atoms with Crippen molar-refractivity contribution < 1.29 is 14.6 Å². The van der Waals surface area contributed by atoms with Crippen molar-refractivity contribution in [3.63, 3.8) is 0 Å². The van der Waals surface area contributed by atoms with Crippen LogP contribution in [0.4, 0.5) is 4.79 Å². The molecule has 2 aromatic rings. The van der Waals surface area contributed by atoms with E-state index in [1.54, 1.807) is 0 Å². The van der Waals surface area contributed by atoms with E-state index >= 15 is 0 Å². The van der Waals surface area contributed by atoms with Crippen molar-refractivity contribution in [2.75, 3.05) is 0 Å². The number of carbonyl (C=O) groups is 1. The van der Waals surface area contributed by atoms with Gasteiger partial charge in [0.05, 0.1) is 5.60 Å². The second kappa shape index (κ2) is 7.09. The van der Waals surface area contributed by atoms with Gasteiger partial charge in [0.2, 0.25) is 0 Å². The molecule has 2 aromatic carbocycles. The molecule has 2 atom stereocenters. The summed E-state index contributed by atoms with van der Waals surface area (Å²) in [5.41, 5.74) is 1.72. The Kier molecular flexibility index (Phi) is 4.63. The molecule has 0 aliphatic carbocycles. The minimum atomic E-state index is -0.921. The van der Waals surface area contributed by atoms with E-state index in [9.17, 15) is 9.90 Å². The molecule has 27 heavy (non-hydrogen) atoms. The van der Waals surface area contributed by atoms with Crippen molar-refractivity contribution in [3.8, 4) is 12.3 Å². The molecule has 2 saturated heterocycles. The molecular weight excluding hydrogens is 338 g/mol. The third-order valence-corrected chi connectivity index (χ3v) is 5.77.